The summed E-state index contributed by atoms with van der Waals surface area (Å²) >= 11 is 6.11. The molecule has 4 aromatic rings. The number of amides is 4. The molecule has 1 saturated heterocycles. The molecule has 0 unspecified atom stereocenters. The van der Waals surface area contributed by atoms with Gasteiger partial charge in [0.1, 0.15) is 12.2 Å². The van der Waals surface area contributed by atoms with Crippen LogP contribution < -0.4 is 26.4 Å². The van der Waals surface area contributed by atoms with Gasteiger partial charge in [-0.3, -0.25) is 14.4 Å². The van der Waals surface area contributed by atoms with Crippen molar-refractivity contribution in [1.82, 2.24) is 29.4 Å². The maximum absolute atomic E-state index is 14.1. The van der Waals surface area contributed by atoms with Crippen molar-refractivity contribution in [2.75, 3.05) is 61.5 Å². The van der Waals surface area contributed by atoms with Crippen LogP contribution in [0.3, 0.4) is 0 Å². The van der Waals surface area contributed by atoms with Crippen LogP contribution in [-0.4, -0.2) is 87.8 Å². The third kappa shape index (κ3) is 8.05. The Bertz CT molecular complexity index is 2080. The van der Waals surface area contributed by atoms with Crippen molar-refractivity contribution in [3.8, 4) is 0 Å². The number of rotatable bonds is 9. The lowest BCUT2D eigenvalue weighted by atomic mass is 10.1. The number of halogens is 4. The Kier molecular flexibility index (Phi) is 10.8. The summed E-state index contributed by atoms with van der Waals surface area (Å²) in [5, 5.41) is 12.0. The number of nitrogens with one attached hydrogen (secondary N) is 3. The number of ether oxygens (including phenoxy) is 1. The highest BCUT2D eigenvalue weighted by Crippen LogP contribution is 2.34. The van der Waals surface area contributed by atoms with Crippen LogP contribution in [0.1, 0.15) is 30.4 Å². The summed E-state index contributed by atoms with van der Waals surface area (Å²) in [6.07, 6.45) is -1.97. The molecule has 52 heavy (non-hydrogen) atoms. The number of urea groups is 1. The minimum atomic E-state index is -4.61. The standard InChI is InChI=1S/C34H35ClF3N9O5/c1-2-26-29(45-14-12-44(13-15-45)28(49)19-39-32(51)40-23-6-4-3-5-7-23)31(50)47-33(42-30(43-47)21-10-16-52-17-11-21)46(26)20-27(48)41-25-9-8-22(18-24(25)35)34(36,37)38/h3-10,18H,2,11-17,19-20H2,1H3,(H,41,48)(H2,39,40,51). The van der Waals surface area contributed by atoms with Crippen molar-refractivity contribution >= 4 is 57.9 Å². The van der Waals surface area contributed by atoms with Gasteiger partial charge in [-0.05, 0) is 48.7 Å². The molecule has 6 rings (SSSR count). The average Bonchev–Trinajstić information content (AvgIpc) is 3.59. The van der Waals surface area contributed by atoms with Crippen LogP contribution in [0.25, 0.3) is 11.4 Å². The van der Waals surface area contributed by atoms with E-state index in [-0.39, 0.29) is 67.4 Å². The molecule has 4 heterocycles. The summed E-state index contributed by atoms with van der Waals surface area (Å²) in [5.74, 6) is -0.508. The molecule has 18 heteroatoms. The Morgan fingerprint density at radius 2 is 1.77 bits per heavy atom. The fraction of sp³-hybridized carbons (Fsp3) is 0.353. The second-order valence-corrected chi connectivity index (χ2v) is 12.4. The molecule has 4 amide bonds. The molecule has 0 radical (unpaired) electrons. The van der Waals surface area contributed by atoms with Crippen LogP contribution in [0.4, 0.5) is 35.0 Å². The molecule has 2 aromatic heterocycles. The van der Waals surface area contributed by atoms with Gasteiger partial charge in [0.25, 0.3) is 5.56 Å². The number of carbonyl (C=O) groups excluding carboxylic acids is 3. The van der Waals surface area contributed by atoms with E-state index in [0.29, 0.717) is 43.3 Å². The van der Waals surface area contributed by atoms with Crippen LogP contribution in [0, 0.1) is 0 Å². The minimum Gasteiger partial charge on any atom is -0.377 e. The van der Waals surface area contributed by atoms with E-state index >= 15 is 0 Å². The smallest absolute Gasteiger partial charge is 0.377 e. The topological polar surface area (TPSA) is 155 Å². The van der Waals surface area contributed by atoms with Gasteiger partial charge in [0, 0.05) is 31.9 Å². The second-order valence-electron chi connectivity index (χ2n) is 12.0. The largest absolute Gasteiger partial charge is 0.416 e. The summed E-state index contributed by atoms with van der Waals surface area (Å²) in [7, 11) is 0. The SMILES string of the molecule is CCc1c(N2CCN(C(=O)CNC(=O)Nc3ccccc3)CC2)c(=O)n2nc(C3=CCOCC3)nc2n1CC(=O)Nc1ccc(C(F)(F)F)cc1Cl. The van der Waals surface area contributed by atoms with Crippen molar-refractivity contribution < 1.29 is 32.3 Å². The van der Waals surface area contributed by atoms with E-state index in [9.17, 15) is 32.3 Å². The molecular weight excluding hydrogens is 707 g/mol. The quantitative estimate of drug-likeness (QED) is 0.232. The van der Waals surface area contributed by atoms with Crippen molar-refractivity contribution in [1.29, 1.82) is 0 Å². The molecule has 14 nitrogen and oxygen atoms in total. The van der Waals surface area contributed by atoms with Crippen LogP contribution in [0.2, 0.25) is 5.02 Å². The molecule has 2 aliphatic rings. The summed E-state index contributed by atoms with van der Waals surface area (Å²) in [6.45, 7) is 3.08. The fourth-order valence-corrected chi connectivity index (χ4v) is 6.29. The monoisotopic (exact) mass is 741 g/mol. The number of carbonyl (C=O) groups is 3. The number of benzene rings is 2. The number of fused-ring (bicyclic) bond motifs is 1. The molecule has 0 atom stereocenters. The van der Waals surface area contributed by atoms with Gasteiger partial charge in [0.05, 0.1) is 41.7 Å². The van der Waals surface area contributed by atoms with Gasteiger partial charge < -0.3 is 35.1 Å². The Labute approximate surface area is 300 Å². The third-order valence-corrected chi connectivity index (χ3v) is 8.98. The minimum absolute atomic E-state index is 0.0163. The number of alkyl halides is 3. The number of nitrogens with zero attached hydrogens (tertiary/aromatic N) is 6. The number of hydrogen-bond acceptors (Lipinski definition) is 8. The van der Waals surface area contributed by atoms with E-state index in [4.69, 9.17) is 16.3 Å². The van der Waals surface area contributed by atoms with Gasteiger partial charge in [-0.2, -0.15) is 22.7 Å². The van der Waals surface area contributed by atoms with Gasteiger partial charge in [0.2, 0.25) is 17.6 Å². The van der Waals surface area contributed by atoms with Gasteiger partial charge in [0.15, 0.2) is 5.82 Å². The maximum Gasteiger partial charge on any atom is 0.416 e. The zero-order valence-corrected chi connectivity index (χ0v) is 28.8. The van der Waals surface area contributed by atoms with E-state index < -0.39 is 29.2 Å². The van der Waals surface area contributed by atoms with E-state index in [1.54, 1.807) is 33.7 Å². The van der Waals surface area contributed by atoms with E-state index in [2.05, 4.69) is 26.0 Å². The van der Waals surface area contributed by atoms with E-state index in [0.717, 1.165) is 28.3 Å². The van der Waals surface area contributed by atoms with Gasteiger partial charge in [-0.1, -0.05) is 42.8 Å². The lowest BCUT2D eigenvalue weighted by molar-refractivity contribution is -0.137. The average molecular weight is 742 g/mol. The number of aromatic nitrogens is 4. The van der Waals surface area contributed by atoms with Gasteiger partial charge in [-0.25, -0.2) is 4.79 Å². The summed E-state index contributed by atoms with van der Waals surface area (Å²) in [4.78, 5) is 61.0. The number of anilines is 3. The van der Waals surface area contributed by atoms with Gasteiger partial charge >= 0.3 is 12.2 Å². The summed E-state index contributed by atoms with van der Waals surface area (Å²) in [5.41, 5.74) is 0.683. The molecule has 0 spiro atoms. The van der Waals surface area contributed by atoms with Crippen molar-refractivity contribution in [2.45, 2.75) is 32.5 Å². The number of para-hydroxylation sites is 1. The maximum atomic E-state index is 14.1. The molecule has 2 aromatic carbocycles. The summed E-state index contributed by atoms with van der Waals surface area (Å²) < 4.78 is 47.7. The molecular formula is C34H35ClF3N9O5. The summed E-state index contributed by atoms with van der Waals surface area (Å²) in [6, 6.07) is 10.9. The highest BCUT2D eigenvalue weighted by atomic mass is 35.5. The molecule has 0 saturated carbocycles. The van der Waals surface area contributed by atoms with Crippen LogP contribution in [0.5, 0.6) is 0 Å². The zero-order valence-electron chi connectivity index (χ0n) is 28.0. The molecule has 0 bridgehead atoms. The van der Waals surface area contributed by atoms with E-state index in [1.807, 2.05) is 24.0 Å². The van der Waals surface area contributed by atoms with Crippen LogP contribution in [0.15, 0.2) is 59.4 Å². The lowest BCUT2D eigenvalue weighted by Crippen LogP contribution is -2.53. The Morgan fingerprint density at radius 1 is 1.02 bits per heavy atom. The Morgan fingerprint density at radius 3 is 2.42 bits per heavy atom. The van der Waals surface area contributed by atoms with Crippen molar-refractivity contribution in [3.05, 3.63) is 87.1 Å². The lowest BCUT2D eigenvalue weighted by Gasteiger charge is -2.36. The highest BCUT2D eigenvalue weighted by molar-refractivity contribution is 6.33. The van der Waals surface area contributed by atoms with Crippen molar-refractivity contribution in [2.24, 2.45) is 0 Å². The fourth-order valence-electron chi connectivity index (χ4n) is 6.07. The van der Waals surface area contributed by atoms with E-state index in [1.165, 1.54) is 0 Å². The molecule has 1 fully saturated rings. The first-order valence-corrected chi connectivity index (χ1v) is 16.9. The molecule has 3 N–H and O–H groups in total. The highest BCUT2D eigenvalue weighted by Gasteiger charge is 2.32. The first kappa shape index (κ1) is 36.4. The Hall–Kier alpha value is -5.42. The normalized spacial score (nSPS) is 15.0. The molecule has 2 aliphatic heterocycles. The molecule has 0 aliphatic carbocycles. The Balaban J connectivity index is 1.24. The van der Waals surface area contributed by atoms with Crippen LogP contribution in [-0.2, 0) is 33.5 Å². The molecule has 274 valence electrons. The first-order chi connectivity index (χ1) is 24.9. The van der Waals surface area contributed by atoms with Crippen LogP contribution >= 0.6 is 11.6 Å². The zero-order chi connectivity index (χ0) is 37.0. The third-order valence-electron chi connectivity index (χ3n) is 8.66. The predicted octanol–water partition coefficient (Wildman–Crippen LogP) is 4.04. The second kappa shape index (κ2) is 15.4. The van der Waals surface area contributed by atoms with Crippen molar-refractivity contribution in [3.63, 3.8) is 0 Å². The number of hydrogen-bond donors (Lipinski definition) is 3. The van der Waals surface area contributed by atoms with Gasteiger partial charge in [-0.15, -0.1) is 5.10 Å². The number of piperazine rings is 1. The predicted molar refractivity (Wildman–Crippen MR) is 187 cm³/mol. The first-order valence-electron chi connectivity index (χ1n) is 16.5.